The molecule has 0 aliphatic rings. The van der Waals surface area contributed by atoms with E-state index in [9.17, 15) is 9.90 Å². The molecule has 0 amide bonds. The Bertz CT molecular complexity index is 561. The highest BCUT2D eigenvalue weighted by molar-refractivity contribution is 5.29. The number of hydrogen-bond acceptors (Lipinski definition) is 4. The highest BCUT2D eigenvalue weighted by atomic mass is 16.5. The molecule has 0 saturated carbocycles. The van der Waals surface area contributed by atoms with Gasteiger partial charge < -0.3 is 14.8 Å². The van der Waals surface area contributed by atoms with Gasteiger partial charge in [-0.3, -0.25) is 4.79 Å². The molecule has 0 aliphatic heterocycles. The van der Waals surface area contributed by atoms with Crippen LogP contribution >= 0.6 is 0 Å². The monoisotopic (exact) mass is 232 g/mol. The third-order valence-corrected chi connectivity index (χ3v) is 2.31. The van der Waals surface area contributed by atoms with Crippen molar-refractivity contribution in [1.29, 1.82) is 0 Å². The zero-order chi connectivity index (χ0) is 12.3. The summed E-state index contributed by atoms with van der Waals surface area (Å²) in [5, 5.41) is 9.20. The molecule has 0 saturated heterocycles. The van der Waals surface area contributed by atoms with Gasteiger partial charge in [0.15, 0.2) is 0 Å². The maximum atomic E-state index is 11.1. The molecule has 0 unspecified atom stereocenters. The van der Waals surface area contributed by atoms with E-state index in [1.807, 2.05) is 24.3 Å². The van der Waals surface area contributed by atoms with Crippen LogP contribution in [0.1, 0.15) is 11.4 Å². The highest BCUT2D eigenvalue weighted by Gasteiger charge is 2.02. The van der Waals surface area contributed by atoms with Crippen molar-refractivity contribution in [2.24, 2.45) is 0 Å². The van der Waals surface area contributed by atoms with Gasteiger partial charge in [0.2, 0.25) is 5.88 Å². The summed E-state index contributed by atoms with van der Waals surface area (Å²) < 4.78 is 5.04. The second-order valence-electron chi connectivity index (χ2n) is 3.58. The van der Waals surface area contributed by atoms with Crippen LogP contribution in [-0.4, -0.2) is 22.2 Å². The van der Waals surface area contributed by atoms with Crippen molar-refractivity contribution in [3.63, 3.8) is 0 Å². The van der Waals surface area contributed by atoms with Crippen molar-refractivity contribution in [2.45, 2.75) is 6.42 Å². The number of aromatic hydroxyl groups is 1. The Morgan fingerprint density at radius 2 is 2.06 bits per heavy atom. The van der Waals surface area contributed by atoms with Crippen molar-refractivity contribution >= 4 is 0 Å². The van der Waals surface area contributed by atoms with E-state index in [2.05, 4.69) is 9.97 Å². The average molecular weight is 232 g/mol. The van der Waals surface area contributed by atoms with Gasteiger partial charge in [-0.2, -0.15) is 4.98 Å². The largest absolute Gasteiger partial charge is 0.497 e. The third kappa shape index (κ3) is 2.84. The van der Waals surface area contributed by atoms with Gasteiger partial charge in [0.1, 0.15) is 11.6 Å². The van der Waals surface area contributed by atoms with Gasteiger partial charge in [0.05, 0.1) is 13.2 Å². The van der Waals surface area contributed by atoms with E-state index >= 15 is 0 Å². The lowest BCUT2D eigenvalue weighted by Gasteiger charge is -2.03. The number of benzene rings is 1. The van der Waals surface area contributed by atoms with Gasteiger partial charge in [-0.15, -0.1) is 0 Å². The number of hydrogen-bond donors (Lipinski definition) is 2. The van der Waals surface area contributed by atoms with Crippen molar-refractivity contribution in [3.8, 4) is 11.6 Å². The zero-order valence-corrected chi connectivity index (χ0v) is 9.30. The predicted octanol–water partition coefficient (Wildman–Crippen LogP) is 1.07. The Balaban J connectivity index is 2.22. The number of rotatable bonds is 3. The van der Waals surface area contributed by atoms with E-state index in [1.54, 1.807) is 7.11 Å². The number of ether oxygens (including phenoxy) is 1. The first-order chi connectivity index (χ1) is 8.17. The van der Waals surface area contributed by atoms with E-state index < -0.39 is 0 Å². The average Bonchev–Trinajstić information content (AvgIpc) is 2.28. The van der Waals surface area contributed by atoms with E-state index in [0.717, 1.165) is 17.4 Å². The first-order valence-electron chi connectivity index (χ1n) is 5.09. The van der Waals surface area contributed by atoms with Gasteiger partial charge >= 0.3 is 0 Å². The SMILES string of the molecule is COc1ccc(Cc2nc(O)cc(=O)[nH]2)cc1. The van der Waals surface area contributed by atoms with Gasteiger partial charge in [0, 0.05) is 6.42 Å². The third-order valence-electron chi connectivity index (χ3n) is 2.31. The van der Waals surface area contributed by atoms with E-state index in [4.69, 9.17) is 4.74 Å². The Hall–Kier alpha value is -2.30. The molecule has 0 atom stereocenters. The quantitative estimate of drug-likeness (QED) is 0.830. The maximum absolute atomic E-state index is 11.1. The maximum Gasteiger partial charge on any atom is 0.254 e. The molecule has 0 bridgehead atoms. The summed E-state index contributed by atoms with van der Waals surface area (Å²) in [6, 6.07) is 8.45. The smallest absolute Gasteiger partial charge is 0.254 e. The normalized spacial score (nSPS) is 10.2. The van der Waals surface area contributed by atoms with Crippen LogP contribution in [0.5, 0.6) is 11.6 Å². The first kappa shape index (κ1) is 11.2. The second kappa shape index (κ2) is 4.69. The predicted molar refractivity (Wildman–Crippen MR) is 62.3 cm³/mol. The van der Waals surface area contributed by atoms with Crippen LogP contribution in [-0.2, 0) is 6.42 Å². The summed E-state index contributed by atoms with van der Waals surface area (Å²) in [6.07, 6.45) is 0.452. The Morgan fingerprint density at radius 1 is 1.35 bits per heavy atom. The lowest BCUT2D eigenvalue weighted by atomic mass is 10.1. The minimum absolute atomic E-state index is 0.266. The molecule has 0 spiro atoms. The van der Waals surface area contributed by atoms with Crippen LogP contribution in [0.25, 0.3) is 0 Å². The minimum Gasteiger partial charge on any atom is -0.497 e. The van der Waals surface area contributed by atoms with Crippen LogP contribution in [0, 0.1) is 0 Å². The summed E-state index contributed by atoms with van der Waals surface area (Å²) in [5.74, 6) is 0.934. The molecule has 0 aliphatic carbocycles. The zero-order valence-electron chi connectivity index (χ0n) is 9.30. The molecular formula is C12H12N2O3. The fraction of sp³-hybridized carbons (Fsp3) is 0.167. The van der Waals surface area contributed by atoms with Crippen molar-refractivity contribution < 1.29 is 9.84 Å². The van der Waals surface area contributed by atoms with Crippen LogP contribution in [0.3, 0.4) is 0 Å². The Labute approximate surface area is 97.7 Å². The molecule has 1 heterocycles. The van der Waals surface area contributed by atoms with Gasteiger partial charge in [-0.05, 0) is 17.7 Å². The minimum atomic E-state index is -0.360. The van der Waals surface area contributed by atoms with Crippen molar-refractivity contribution in [1.82, 2.24) is 9.97 Å². The molecule has 17 heavy (non-hydrogen) atoms. The van der Waals surface area contributed by atoms with Gasteiger partial charge in [-0.1, -0.05) is 12.1 Å². The number of aromatic amines is 1. The fourth-order valence-corrected chi connectivity index (χ4v) is 1.51. The van der Waals surface area contributed by atoms with Gasteiger partial charge in [0.25, 0.3) is 5.56 Å². The molecule has 2 rings (SSSR count). The summed E-state index contributed by atoms with van der Waals surface area (Å²) in [5.41, 5.74) is 0.612. The van der Waals surface area contributed by atoms with Crippen molar-refractivity contribution in [2.75, 3.05) is 7.11 Å². The molecule has 5 heteroatoms. The molecule has 0 fully saturated rings. The molecule has 5 nitrogen and oxygen atoms in total. The summed E-state index contributed by atoms with van der Waals surface area (Å²) in [4.78, 5) is 17.5. The Morgan fingerprint density at radius 3 is 2.65 bits per heavy atom. The van der Waals surface area contributed by atoms with Crippen molar-refractivity contribution in [3.05, 3.63) is 52.1 Å². The molecular weight excluding hydrogens is 220 g/mol. The lowest BCUT2D eigenvalue weighted by Crippen LogP contribution is -2.09. The second-order valence-corrected chi connectivity index (χ2v) is 3.58. The standard InChI is InChI=1S/C12H12N2O3/c1-17-9-4-2-8(3-5-9)6-10-13-11(15)7-12(16)14-10/h2-5,7H,6H2,1H3,(H2,13,14,15,16). The number of aromatic nitrogens is 2. The van der Waals surface area contributed by atoms with E-state index in [-0.39, 0.29) is 11.4 Å². The Kier molecular flexibility index (Phi) is 3.09. The highest BCUT2D eigenvalue weighted by Crippen LogP contribution is 2.13. The molecule has 2 N–H and O–H groups in total. The molecule has 1 aromatic carbocycles. The molecule has 0 radical (unpaired) electrons. The number of nitrogens with zero attached hydrogens (tertiary/aromatic N) is 1. The summed E-state index contributed by atoms with van der Waals surface area (Å²) >= 11 is 0. The topological polar surface area (TPSA) is 75.2 Å². The molecule has 2 aromatic rings. The van der Waals surface area contributed by atoms with Gasteiger partial charge in [-0.25, -0.2) is 0 Å². The van der Waals surface area contributed by atoms with Crippen LogP contribution < -0.4 is 10.3 Å². The van der Waals surface area contributed by atoms with Crippen LogP contribution in [0.2, 0.25) is 0 Å². The first-order valence-corrected chi connectivity index (χ1v) is 5.09. The lowest BCUT2D eigenvalue weighted by molar-refractivity contribution is 0.414. The number of methoxy groups -OCH3 is 1. The number of H-pyrrole nitrogens is 1. The van der Waals surface area contributed by atoms with Crippen LogP contribution in [0.15, 0.2) is 35.1 Å². The van der Waals surface area contributed by atoms with E-state index in [1.165, 1.54) is 0 Å². The summed E-state index contributed by atoms with van der Waals surface area (Å²) in [7, 11) is 1.60. The number of nitrogens with one attached hydrogen (secondary N) is 1. The summed E-state index contributed by atoms with van der Waals surface area (Å²) in [6.45, 7) is 0. The van der Waals surface area contributed by atoms with Crippen LogP contribution in [0.4, 0.5) is 0 Å². The van der Waals surface area contributed by atoms with E-state index in [0.29, 0.717) is 12.2 Å². The fourth-order valence-electron chi connectivity index (χ4n) is 1.51. The molecule has 88 valence electrons. The molecule has 1 aromatic heterocycles.